The van der Waals surface area contributed by atoms with Crippen LogP contribution in [0.3, 0.4) is 0 Å². The van der Waals surface area contributed by atoms with E-state index in [-0.39, 0.29) is 5.91 Å². The summed E-state index contributed by atoms with van der Waals surface area (Å²) in [7, 11) is 1.68. The van der Waals surface area contributed by atoms with E-state index in [1.54, 1.807) is 25.2 Å². The Morgan fingerprint density at radius 1 is 1.60 bits per heavy atom. The average molecular weight is 222 g/mol. The van der Waals surface area contributed by atoms with Gasteiger partial charge in [-0.15, -0.1) is 6.42 Å². The largest absolute Gasteiger partial charge is 0.331 e. The molecule has 0 aliphatic heterocycles. The zero-order chi connectivity index (χ0) is 11.4. The minimum Gasteiger partial charge on any atom is -0.331 e. The van der Waals surface area contributed by atoms with Gasteiger partial charge in [0.15, 0.2) is 0 Å². The number of terminal acetylenes is 1. The third kappa shape index (κ3) is 2.74. The molecule has 0 N–H and O–H groups in total. The third-order valence-electron chi connectivity index (χ3n) is 2.09. The van der Waals surface area contributed by atoms with Gasteiger partial charge in [0, 0.05) is 17.6 Å². The maximum atomic E-state index is 11.9. The summed E-state index contributed by atoms with van der Waals surface area (Å²) in [5.74, 6) is 2.35. The Bertz CT molecular complexity index is 420. The van der Waals surface area contributed by atoms with Gasteiger partial charge in [0.05, 0.1) is 6.54 Å². The molecule has 1 aromatic carbocycles. The normalized spacial score (nSPS) is 9.47. The van der Waals surface area contributed by atoms with Crippen LogP contribution in [0.15, 0.2) is 18.2 Å². The molecule has 0 bridgehead atoms. The maximum Gasteiger partial charge on any atom is 0.254 e. The molecular formula is C12H12ClNO. The highest BCUT2D eigenvalue weighted by Crippen LogP contribution is 2.16. The number of amides is 1. The minimum absolute atomic E-state index is 0.0814. The van der Waals surface area contributed by atoms with E-state index in [1.807, 2.05) is 6.92 Å². The molecule has 0 heterocycles. The first-order chi connectivity index (χ1) is 7.06. The van der Waals surface area contributed by atoms with Gasteiger partial charge >= 0.3 is 0 Å². The summed E-state index contributed by atoms with van der Waals surface area (Å²) in [5, 5.41) is 0.628. The zero-order valence-corrected chi connectivity index (χ0v) is 9.51. The maximum absolute atomic E-state index is 11.9. The quantitative estimate of drug-likeness (QED) is 0.703. The lowest BCUT2D eigenvalue weighted by molar-refractivity contribution is 0.0812. The van der Waals surface area contributed by atoms with Crippen LogP contribution in [0.25, 0.3) is 0 Å². The first-order valence-electron chi connectivity index (χ1n) is 4.51. The second-order valence-corrected chi connectivity index (χ2v) is 3.76. The van der Waals surface area contributed by atoms with Crippen molar-refractivity contribution < 1.29 is 4.79 Å². The summed E-state index contributed by atoms with van der Waals surface area (Å²) >= 11 is 5.81. The molecule has 0 saturated heterocycles. The van der Waals surface area contributed by atoms with Gasteiger partial charge in [-0.2, -0.15) is 0 Å². The molecule has 2 nitrogen and oxygen atoms in total. The number of rotatable bonds is 2. The van der Waals surface area contributed by atoms with Crippen LogP contribution in [0.1, 0.15) is 15.9 Å². The Morgan fingerprint density at radius 3 is 2.80 bits per heavy atom. The van der Waals surface area contributed by atoms with Crippen LogP contribution < -0.4 is 0 Å². The van der Waals surface area contributed by atoms with Gasteiger partial charge < -0.3 is 4.90 Å². The Labute approximate surface area is 94.8 Å². The number of nitrogens with zero attached hydrogens (tertiary/aromatic N) is 1. The van der Waals surface area contributed by atoms with Crippen molar-refractivity contribution in [3.8, 4) is 12.3 Å². The van der Waals surface area contributed by atoms with Crippen LogP contribution in [0, 0.1) is 19.3 Å². The lowest BCUT2D eigenvalue weighted by atomic mass is 10.1. The number of benzene rings is 1. The van der Waals surface area contributed by atoms with Gasteiger partial charge in [0.1, 0.15) is 0 Å². The van der Waals surface area contributed by atoms with Gasteiger partial charge in [0.2, 0.25) is 0 Å². The lowest BCUT2D eigenvalue weighted by Crippen LogP contribution is -2.27. The zero-order valence-electron chi connectivity index (χ0n) is 8.75. The molecule has 1 aromatic rings. The fraction of sp³-hybridized carbons (Fsp3) is 0.250. The van der Waals surface area contributed by atoms with E-state index >= 15 is 0 Å². The molecule has 0 atom stereocenters. The van der Waals surface area contributed by atoms with Crippen LogP contribution in [0.2, 0.25) is 5.02 Å². The Hall–Kier alpha value is -1.46. The smallest absolute Gasteiger partial charge is 0.254 e. The SMILES string of the molecule is C#CCN(C)C(=O)c1ccc(Cl)cc1C. The third-order valence-corrected chi connectivity index (χ3v) is 2.33. The summed E-state index contributed by atoms with van der Waals surface area (Å²) in [6.45, 7) is 2.16. The van der Waals surface area contributed by atoms with Crippen molar-refractivity contribution >= 4 is 17.5 Å². The highest BCUT2D eigenvalue weighted by atomic mass is 35.5. The predicted molar refractivity (Wildman–Crippen MR) is 62.0 cm³/mol. The van der Waals surface area contributed by atoms with E-state index in [9.17, 15) is 4.79 Å². The molecule has 0 saturated carbocycles. The number of carbonyl (C=O) groups is 1. The molecule has 1 rings (SSSR count). The highest BCUT2D eigenvalue weighted by Gasteiger charge is 2.12. The number of carbonyl (C=O) groups excluding carboxylic acids is 1. The minimum atomic E-state index is -0.0814. The van der Waals surface area contributed by atoms with E-state index in [1.165, 1.54) is 4.90 Å². The van der Waals surface area contributed by atoms with Crippen molar-refractivity contribution in [1.82, 2.24) is 4.90 Å². The first-order valence-corrected chi connectivity index (χ1v) is 4.89. The number of halogens is 1. The van der Waals surface area contributed by atoms with Crippen molar-refractivity contribution in [2.45, 2.75) is 6.92 Å². The van der Waals surface area contributed by atoms with Crippen LogP contribution in [-0.2, 0) is 0 Å². The van der Waals surface area contributed by atoms with Gasteiger partial charge in [-0.05, 0) is 30.7 Å². The molecule has 0 fully saturated rings. The van der Waals surface area contributed by atoms with Crippen molar-refractivity contribution in [2.75, 3.05) is 13.6 Å². The molecular weight excluding hydrogens is 210 g/mol. The standard InChI is InChI=1S/C12H12ClNO/c1-4-7-14(3)12(15)11-6-5-10(13)8-9(11)2/h1,5-6,8H,7H2,2-3H3. The summed E-state index contributed by atoms with van der Waals surface area (Å²) in [6.07, 6.45) is 5.14. The highest BCUT2D eigenvalue weighted by molar-refractivity contribution is 6.30. The predicted octanol–water partition coefficient (Wildman–Crippen LogP) is 2.35. The van der Waals surface area contributed by atoms with E-state index < -0.39 is 0 Å². The Balaban J connectivity index is 2.97. The molecule has 0 aliphatic rings. The number of hydrogen-bond donors (Lipinski definition) is 0. The van der Waals surface area contributed by atoms with E-state index in [0.717, 1.165) is 5.56 Å². The second-order valence-electron chi connectivity index (χ2n) is 3.32. The molecule has 3 heteroatoms. The second kappa shape index (κ2) is 4.86. The molecule has 0 aliphatic carbocycles. The van der Waals surface area contributed by atoms with Gasteiger partial charge in [0.25, 0.3) is 5.91 Å². The molecule has 0 unspecified atom stereocenters. The summed E-state index contributed by atoms with van der Waals surface area (Å²) in [4.78, 5) is 13.4. The first kappa shape index (κ1) is 11.6. The fourth-order valence-corrected chi connectivity index (χ4v) is 1.51. The Morgan fingerprint density at radius 2 is 2.27 bits per heavy atom. The fourth-order valence-electron chi connectivity index (χ4n) is 1.28. The van der Waals surface area contributed by atoms with Gasteiger partial charge in [-0.3, -0.25) is 4.79 Å². The molecule has 0 spiro atoms. The summed E-state index contributed by atoms with van der Waals surface area (Å²) in [6, 6.07) is 5.18. The number of aryl methyl sites for hydroxylation is 1. The number of hydrogen-bond acceptors (Lipinski definition) is 1. The van der Waals surface area contributed by atoms with Crippen molar-refractivity contribution in [3.05, 3.63) is 34.3 Å². The van der Waals surface area contributed by atoms with E-state index in [4.69, 9.17) is 18.0 Å². The topological polar surface area (TPSA) is 20.3 Å². The molecule has 15 heavy (non-hydrogen) atoms. The van der Waals surface area contributed by atoms with Crippen molar-refractivity contribution in [3.63, 3.8) is 0 Å². The van der Waals surface area contributed by atoms with Crippen molar-refractivity contribution in [2.24, 2.45) is 0 Å². The summed E-state index contributed by atoms with van der Waals surface area (Å²) < 4.78 is 0. The molecule has 0 radical (unpaired) electrons. The van der Waals surface area contributed by atoms with Gasteiger partial charge in [-0.25, -0.2) is 0 Å². The van der Waals surface area contributed by atoms with Gasteiger partial charge in [-0.1, -0.05) is 17.5 Å². The van der Waals surface area contributed by atoms with E-state index in [2.05, 4.69) is 5.92 Å². The van der Waals surface area contributed by atoms with Crippen LogP contribution in [0.4, 0.5) is 0 Å². The Kier molecular flexibility index (Phi) is 3.76. The summed E-state index contributed by atoms with van der Waals surface area (Å²) in [5.41, 5.74) is 1.49. The average Bonchev–Trinajstić information content (AvgIpc) is 2.17. The van der Waals surface area contributed by atoms with Crippen LogP contribution in [-0.4, -0.2) is 24.4 Å². The lowest BCUT2D eigenvalue weighted by Gasteiger charge is -2.15. The van der Waals surface area contributed by atoms with E-state index in [0.29, 0.717) is 17.1 Å². The molecule has 0 aromatic heterocycles. The molecule has 78 valence electrons. The molecule has 1 amide bonds. The van der Waals surface area contributed by atoms with Crippen molar-refractivity contribution in [1.29, 1.82) is 0 Å². The van der Waals surface area contributed by atoms with Crippen LogP contribution >= 0.6 is 11.6 Å². The van der Waals surface area contributed by atoms with Crippen LogP contribution in [0.5, 0.6) is 0 Å². The monoisotopic (exact) mass is 221 g/mol.